The second kappa shape index (κ2) is 6.99. The van der Waals surface area contributed by atoms with E-state index in [4.69, 9.17) is 14.2 Å². The summed E-state index contributed by atoms with van der Waals surface area (Å²) in [7, 11) is 0. The summed E-state index contributed by atoms with van der Waals surface area (Å²) in [5.41, 5.74) is 0. The van der Waals surface area contributed by atoms with E-state index in [0.717, 1.165) is 6.61 Å². The van der Waals surface area contributed by atoms with E-state index in [1.54, 1.807) is 0 Å². The normalized spacial score (nSPS) is 24.9. The molecular formula is C12H22O4. The number of ketones is 1. The Morgan fingerprint density at radius 2 is 2.06 bits per heavy atom. The molecule has 0 bridgehead atoms. The van der Waals surface area contributed by atoms with Gasteiger partial charge in [-0.2, -0.15) is 0 Å². The smallest absolute Gasteiger partial charge is 0.166 e. The van der Waals surface area contributed by atoms with Crippen molar-refractivity contribution in [1.82, 2.24) is 0 Å². The third kappa shape index (κ3) is 4.20. The summed E-state index contributed by atoms with van der Waals surface area (Å²) in [6, 6.07) is 0. The van der Waals surface area contributed by atoms with Crippen molar-refractivity contribution in [3.8, 4) is 0 Å². The molecule has 0 aromatic carbocycles. The predicted octanol–water partition coefficient (Wildman–Crippen LogP) is 1.42. The molecule has 0 amide bonds. The minimum absolute atomic E-state index is 0.0601. The molecule has 0 heterocycles. The van der Waals surface area contributed by atoms with Crippen molar-refractivity contribution in [3.05, 3.63) is 0 Å². The maximum atomic E-state index is 11.2. The lowest BCUT2D eigenvalue weighted by Crippen LogP contribution is -2.50. The first-order chi connectivity index (χ1) is 7.65. The van der Waals surface area contributed by atoms with Crippen LogP contribution in [0.4, 0.5) is 0 Å². The molecule has 0 saturated heterocycles. The van der Waals surface area contributed by atoms with Gasteiger partial charge in [0.2, 0.25) is 0 Å². The topological polar surface area (TPSA) is 44.8 Å². The summed E-state index contributed by atoms with van der Waals surface area (Å²) in [6.45, 7) is 8.53. The van der Waals surface area contributed by atoms with E-state index >= 15 is 0 Å². The Balaban J connectivity index is 2.03. The van der Waals surface area contributed by atoms with Crippen molar-refractivity contribution >= 4 is 5.78 Å². The van der Waals surface area contributed by atoms with Crippen LogP contribution >= 0.6 is 0 Å². The number of Topliss-reactive ketones (excluding diaryl/α,β-unsaturated/α-hetero) is 1. The highest BCUT2D eigenvalue weighted by Crippen LogP contribution is 2.22. The summed E-state index contributed by atoms with van der Waals surface area (Å²) in [4.78, 5) is 11.2. The third-order valence-corrected chi connectivity index (χ3v) is 2.41. The average molecular weight is 230 g/mol. The zero-order valence-corrected chi connectivity index (χ0v) is 10.4. The van der Waals surface area contributed by atoms with Crippen LogP contribution in [0.25, 0.3) is 0 Å². The van der Waals surface area contributed by atoms with Gasteiger partial charge in [-0.05, 0) is 12.8 Å². The zero-order valence-electron chi connectivity index (χ0n) is 10.4. The van der Waals surface area contributed by atoms with E-state index < -0.39 is 0 Å². The van der Waals surface area contributed by atoms with Crippen LogP contribution in [0.5, 0.6) is 0 Å². The fraction of sp³-hybridized carbons (Fsp3) is 0.917. The molecule has 0 aromatic heterocycles. The molecule has 1 fully saturated rings. The van der Waals surface area contributed by atoms with Gasteiger partial charge in [0.15, 0.2) is 5.78 Å². The Morgan fingerprint density at radius 1 is 1.31 bits per heavy atom. The van der Waals surface area contributed by atoms with Crippen molar-refractivity contribution in [2.45, 2.75) is 39.4 Å². The third-order valence-electron chi connectivity index (χ3n) is 2.41. The number of rotatable bonds is 8. The van der Waals surface area contributed by atoms with Crippen LogP contribution in [0.2, 0.25) is 0 Å². The van der Waals surface area contributed by atoms with Crippen LogP contribution in [0.15, 0.2) is 0 Å². The van der Waals surface area contributed by atoms with E-state index in [0.29, 0.717) is 32.2 Å². The molecule has 0 aromatic rings. The molecule has 2 unspecified atom stereocenters. The molecule has 94 valence electrons. The largest absolute Gasteiger partial charge is 0.379 e. The lowest BCUT2D eigenvalue weighted by atomic mass is 9.90. The van der Waals surface area contributed by atoms with Crippen molar-refractivity contribution in [2.24, 2.45) is 5.92 Å². The van der Waals surface area contributed by atoms with Gasteiger partial charge in [0.1, 0.15) is 6.10 Å². The van der Waals surface area contributed by atoms with Crippen LogP contribution in [-0.4, -0.2) is 44.4 Å². The van der Waals surface area contributed by atoms with Gasteiger partial charge in [0, 0.05) is 19.6 Å². The monoisotopic (exact) mass is 230 g/mol. The maximum absolute atomic E-state index is 11.2. The van der Waals surface area contributed by atoms with Crippen molar-refractivity contribution in [3.63, 3.8) is 0 Å². The summed E-state index contributed by atoms with van der Waals surface area (Å²) in [5, 5.41) is 0. The van der Waals surface area contributed by atoms with Gasteiger partial charge in [-0.1, -0.05) is 13.8 Å². The summed E-state index contributed by atoms with van der Waals surface area (Å²) in [6.07, 6.45) is 0.0830. The van der Waals surface area contributed by atoms with Crippen molar-refractivity contribution in [2.75, 3.05) is 26.4 Å². The summed E-state index contributed by atoms with van der Waals surface area (Å²) < 4.78 is 16.2. The summed E-state index contributed by atoms with van der Waals surface area (Å²) >= 11 is 0. The van der Waals surface area contributed by atoms with Gasteiger partial charge in [-0.3, -0.25) is 4.79 Å². The molecule has 4 nitrogen and oxygen atoms in total. The van der Waals surface area contributed by atoms with Gasteiger partial charge in [-0.25, -0.2) is 0 Å². The SMILES string of the molecule is CCOC1C(=O)CC1OCCOCC(C)C. The Labute approximate surface area is 97.2 Å². The van der Waals surface area contributed by atoms with Crippen LogP contribution in [-0.2, 0) is 19.0 Å². The van der Waals surface area contributed by atoms with Crippen molar-refractivity contribution in [1.29, 1.82) is 0 Å². The lowest BCUT2D eigenvalue weighted by molar-refractivity contribution is -0.167. The number of carbonyl (C=O) groups is 1. The highest BCUT2D eigenvalue weighted by atomic mass is 16.6. The number of ether oxygens (including phenoxy) is 3. The van der Waals surface area contributed by atoms with E-state index in [-0.39, 0.29) is 18.0 Å². The molecule has 0 spiro atoms. The molecule has 4 heteroatoms. The van der Waals surface area contributed by atoms with E-state index in [2.05, 4.69) is 13.8 Å². The standard InChI is InChI=1S/C12H22O4/c1-4-15-12-10(13)7-11(12)16-6-5-14-8-9(2)3/h9,11-12H,4-8H2,1-3H3. The van der Waals surface area contributed by atoms with Gasteiger partial charge in [0.05, 0.1) is 19.3 Å². The highest BCUT2D eigenvalue weighted by molar-refractivity contribution is 5.90. The number of carbonyl (C=O) groups excluding carboxylic acids is 1. The molecule has 1 rings (SSSR count). The number of hydrogen-bond donors (Lipinski definition) is 0. The number of hydrogen-bond acceptors (Lipinski definition) is 4. The highest BCUT2D eigenvalue weighted by Gasteiger charge is 2.41. The molecule has 1 aliphatic carbocycles. The zero-order chi connectivity index (χ0) is 12.0. The van der Waals surface area contributed by atoms with Crippen LogP contribution in [0.3, 0.4) is 0 Å². The molecule has 0 radical (unpaired) electrons. The molecule has 1 saturated carbocycles. The fourth-order valence-corrected chi connectivity index (χ4v) is 1.57. The minimum Gasteiger partial charge on any atom is -0.379 e. The molecule has 0 N–H and O–H groups in total. The van der Waals surface area contributed by atoms with E-state index in [9.17, 15) is 4.79 Å². The van der Waals surface area contributed by atoms with Gasteiger partial charge < -0.3 is 14.2 Å². The van der Waals surface area contributed by atoms with Gasteiger partial charge in [-0.15, -0.1) is 0 Å². The quantitative estimate of drug-likeness (QED) is 0.592. The van der Waals surface area contributed by atoms with Gasteiger partial charge >= 0.3 is 0 Å². The predicted molar refractivity (Wildman–Crippen MR) is 60.4 cm³/mol. The Morgan fingerprint density at radius 3 is 2.62 bits per heavy atom. The van der Waals surface area contributed by atoms with Crippen LogP contribution in [0.1, 0.15) is 27.2 Å². The first-order valence-electron chi connectivity index (χ1n) is 5.98. The first-order valence-corrected chi connectivity index (χ1v) is 5.98. The van der Waals surface area contributed by atoms with Crippen LogP contribution in [0, 0.1) is 5.92 Å². The lowest BCUT2D eigenvalue weighted by Gasteiger charge is -2.34. The molecule has 2 atom stereocenters. The van der Waals surface area contributed by atoms with E-state index in [1.165, 1.54) is 0 Å². The molecular weight excluding hydrogens is 208 g/mol. The fourth-order valence-electron chi connectivity index (χ4n) is 1.57. The minimum atomic E-state index is -0.338. The van der Waals surface area contributed by atoms with E-state index in [1.807, 2.05) is 6.92 Å². The van der Waals surface area contributed by atoms with Crippen molar-refractivity contribution < 1.29 is 19.0 Å². The molecule has 0 aliphatic heterocycles. The average Bonchev–Trinajstić information content (AvgIpc) is 2.23. The Bertz CT molecular complexity index is 215. The second-order valence-corrected chi connectivity index (χ2v) is 4.42. The summed E-state index contributed by atoms with van der Waals surface area (Å²) in [5.74, 6) is 0.691. The van der Waals surface area contributed by atoms with Crippen LogP contribution < -0.4 is 0 Å². The maximum Gasteiger partial charge on any atom is 0.166 e. The second-order valence-electron chi connectivity index (χ2n) is 4.42. The molecule has 16 heavy (non-hydrogen) atoms. The Hall–Kier alpha value is -0.450. The first kappa shape index (κ1) is 13.6. The Kier molecular flexibility index (Phi) is 5.95. The van der Waals surface area contributed by atoms with Gasteiger partial charge in [0.25, 0.3) is 0 Å². The molecule has 1 aliphatic rings.